The average molecular weight is 281 g/mol. The van der Waals surface area contributed by atoms with Crippen molar-refractivity contribution in [3.63, 3.8) is 0 Å². The fourth-order valence-corrected chi connectivity index (χ4v) is 3.50. The number of nitrogens with zero attached hydrogens (tertiary/aromatic N) is 2. The fourth-order valence-electron chi connectivity index (χ4n) is 2.14. The Labute approximate surface area is 118 Å². The number of aromatic nitrogens is 1. The molecule has 5 heteroatoms. The molecule has 2 heterocycles. The molecule has 0 aromatic carbocycles. The highest BCUT2D eigenvalue weighted by molar-refractivity contribution is 8.00. The molecule has 18 heavy (non-hydrogen) atoms. The van der Waals surface area contributed by atoms with E-state index in [4.69, 9.17) is 18.0 Å². The molecule has 1 saturated heterocycles. The molecular formula is C13H19N3S2. The van der Waals surface area contributed by atoms with Crippen LogP contribution in [0.25, 0.3) is 0 Å². The van der Waals surface area contributed by atoms with E-state index in [0.717, 1.165) is 24.0 Å². The Morgan fingerprint density at radius 3 is 3.22 bits per heavy atom. The van der Waals surface area contributed by atoms with Crippen LogP contribution in [0.2, 0.25) is 0 Å². The molecule has 0 radical (unpaired) electrons. The van der Waals surface area contributed by atoms with Crippen molar-refractivity contribution in [1.82, 2.24) is 9.88 Å². The molecule has 2 rings (SSSR count). The maximum absolute atomic E-state index is 5.61. The number of thioether (sulfide) groups is 1. The third kappa shape index (κ3) is 3.67. The summed E-state index contributed by atoms with van der Waals surface area (Å²) in [5.41, 5.74) is 7.58. The van der Waals surface area contributed by atoms with Gasteiger partial charge in [0.15, 0.2) is 0 Å². The van der Waals surface area contributed by atoms with E-state index >= 15 is 0 Å². The first-order chi connectivity index (χ1) is 8.69. The van der Waals surface area contributed by atoms with Crippen LogP contribution in [0.3, 0.4) is 0 Å². The Morgan fingerprint density at radius 1 is 1.67 bits per heavy atom. The third-order valence-electron chi connectivity index (χ3n) is 3.16. The Balaban J connectivity index is 2.00. The van der Waals surface area contributed by atoms with Gasteiger partial charge in [-0.3, -0.25) is 9.88 Å². The minimum Gasteiger partial charge on any atom is -0.388 e. The number of hydrogen-bond acceptors (Lipinski definition) is 4. The largest absolute Gasteiger partial charge is 0.388 e. The molecule has 3 nitrogen and oxygen atoms in total. The van der Waals surface area contributed by atoms with E-state index in [1.54, 1.807) is 6.20 Å². The first-order valence-corrected chi connectivity index (χ1v) is 7.73. The summed E-state index contributed by atoms with van der Waals surface area (Å²) < 4.78 is 0. The standard InChI is InChI=1S/C13H19N3S2/c1-2-11-9-16(5-6-18-11)8-10-3-4-15-12(7-10)13(14)17/h3-4,7,11H,2,5-6,8-9H2,1H3,(H2,14,17). The van der Waals surface area contributed by atoms with Gasteiger partial charge in [-0.25, -0.2) is 0 Å². The second-order valence-corrected chi connectivity index (χ2v) is 6.40. The fraction of sp³-hybridized carbons (Fsp3) is 0.538. The summed E-state index contributed by atoms with van der Waals surface area (Å²) in [6, 6.07) is 4.05. The smallest absolute Gasteiger partial charge is 0.122 e. The highest BCUT2D eigenvalue weighted by Crippen LogP contribution is 2.22. The van der Waals surface area contributed by atoms with Crippen LogP contribution in [-0.2, 0) is 6.54 Å². The van der Waals surface area contributed by atoms with E-state index in [0.29, 0.717) is 4.99 Å². The van der Waals surface area contributed by atoms with Crippen molar-refractivity contribution in [2.45, 2.75) is 25.1 Å². The van der Waals surface area contributed by atoms with Crippen LogP contribution in [0.5, 0.6) is 0 Å². The van der Waals surface area contributed by atoms with Crippen molar-refractivity contribution in [3.05, 3.63) is 29.6 Å². The van der Waals surface area contributed by atoms with E-state index in [1.807, 2.05) is 12.1 Å². The molecule has 1 aromatic rings. The summed E-state index contributed by atoms with van der Waals surface area (Å²) >= 11 is 7.05. The van der Waals surface area contributed by atoms with Gasteiger partial charge in [-0.2, -0.15) is 11.8 Å². The van der Waals surface area contributed by atoms with Crippen molar-refractivity contribution in [3.8, 4) is 0 Å². The van der Waals surface area contributed by atoms with Crippen LogP contribution in [0.4, 0.5) is 0 Å². The summed E-state index contributed by atoms with van der Waals surface area (Å²) in [6.07, 6.45) is 3.04. The topological polar surface area (TPSA) is 42.2 Å². The highest BCUT2D eigenvalue weighted by Gasteiger charge is 2.18. The van der Waals surface area contributed by atoms with Crippen molar-refractivity contribution in [2.24, 2.45) is 5.73 Å². The van der Waals surface area contributed by atoms with Crippen LogP contribution >= 0.6 is 24.0 Å². The van der Waals surface area contributed by atoms with E-state index in [-0.39, 0.29) is 0 Å². The molecule has 0 saturated carbocycles. The number of hydrogen-bond donors (Lipinski definition) is 1. The van der Waals surface area contributed by atoms with Gasteiger partial charge in [0.2, 0.25) is 0 Å². The molecular weight excluding hydrogens is 262 g/mol. The monoisotopic (exact) mass is 281 g/mol. The zero-order valence-electron chi connectivity index (χ0n) is 10.6. The first kappa shape index (κ1) is 13.8. The lowest BCUT2D eigenvalue weighted by molar-refractivity contribution is 0.273. The van der Waals surface area contributed by atoms with E-state index in [9.17, 15) is 0 Å². The first-order valence-electron chi connectivity index (χ1n) is 6.27. The van der Waals surface area contributed by atoms with Gasteiger partial charge in [0, 0.05) is 36.8 Å². The van der Waals surface area contributed by atoms with Crippen LogP contribution in [-0.4, -0.2) is 39.0 Å². The minimum absolute atomic E-state index is 0.373. The second-order valence-electron chi connectivity index (χ2n) is 4.55. The summed E-state index contributed by atoms with van der Waals surface area (Å²) in [5, 5.41) is 0.774. The third-order valence-corrected chi connectivity index (χ3v) is 4.74. The second kappa shape index (κ2) is 6.50. The molecule has 1 aliphatic heterocycles. The van der Waals surface area contributed by atoms with Crippen molar-refractivity contribution in [2.75, 3.05) is 18.8 Å². The molecule has 0 spiro atoms. The average Bonchev–Trinajstić information content (AvgIpc) is 2.39. The highest BCUT2D eigenvalue weighted by atomic mass is 32.2. The van der Waals surface area contributed by atoms with Gasteiger partial charge in [-0.1, -0.05) is 19.1 Å². The van der Waals surface area contributed by atoms with Gasteiger partial charge in [-0.15, -0.1) is 0 Å². The van der Waals surface area contributed by atoms with Crippen molar-refractivity contribution < 1.29 is 0 Å². The predicted molar refractivity (Wildman–Crippen MR) is 81.9 cm³/mol. The molecule has 98 valence electrons. The van der Waals surface area contributed by atoms with Gasteiger partial charge in [0.05, 0.1) is 5.69 Å². The molecule has 1 unspecified atom stereocenters. The molecule has 1 fully saturated rings. The lowest BCUT2D eigenvalue weighted by atomic mass is 10.2. The van der Waals surface area contributed by atoms with Crippen LogP contribution in [0.15, 0.2) is 18.3 Å². The van der Waals surface area contributed by atoms with Gasteiger partial charge in [0.25, 0.3) is 0 Å². The lowest BCUT2D eigenvalue weighted by Crippen LogP contribution is -2.37. The van der Waals surface area contributed by atoms with Crippen molar-refractivity contribution in [1.29, 1.82) is 0 Å². The number of rotatable bonds is 4. The zero-order chi connectivity index (χ0) is 13.0. The lowest BCUT2D eigenvalue weighted by Gasteiger charge is -2.31. The number of thiocarbonyl (C=S) groups is 1. The Morgan fingerprint density at radius 2 is 2.50 bits per heavy atom. The molecule has 0 aliphatic carbocycles. The summed E-state index contributed by atoms with van der Waals surface area (Å²) in [7, 11) is 0. The Kier molecular flexibility index (Phi) is 4.97. The summed E-state index contributed by atoms with van der Waals surface area (Å²) in [5.74, 6) is 1.23. The maximum Gasteiger partial charge on any atom is 0.122 e. The molecule has 1 aliphatic rings. The van der Waals surface area contributed by atoms with Gasteiger partial charge < -0.3 is 5.73 Å². The van der Waals surface area contributed by atoms with Gasteiger partial charge in [-0.05, 0) is 24.1 Å². The predicted octanol–water partition coefficient (Wildman–Crippen LogP) is 2.04. The maximum atomic E-state index is 5.61. The van der Waals surface area contributed by atoms with Crippen LogP contribution < -0.4 is 5.73 Å². The SMILES string of the molecule is CCC1CN(Cc2ccnc(C(N)=S)c2)CCS1. The van der Waals surface area contributed by atoms with Crippen LogP contribution in [0, 0.1) is 0 Å². The quantitative estimate of drug-likeness (QED) is 0.856. The minimum atomic E-state index is 0.373. The van der Waals surface area contributed by atoms with E-state index in [2.05, 4.69) is 28.6 Å². The number of pyridine rings is 1. The Bertz CT molecular complexity index is 422. The normalized spacial score (nSPS) is 20.8. The summed E-state index contributed by atoms with van der Waals surface area (Å²) in [4.78, 5) is 7.05. The van der Waals surface area contributed by atoms with E-state index in [1.165, 1.54) is 24.3 Å². The molecule has 2 N–H and O–H groups in total. The molecule has 1 atom stereocenters. The molecule has 0 bridgehead atoms. The van der Waals surface area contributed by atoms with Crippen molar-refractivity contribution >= 4 is 29.0 Å². The number of nitrogens with two attached hydrogens (primary N) is 1. The zero-order valence-corrected chi connectivity index (χ0v) is 12.3. The molecule has 0 amide bonds. The summed E-state index contributed by atoms with van der Waals surface area (Å²) in [6.45, 7) is 5.56. The van der Waals surface area contributed by atoms with Gasteiger partial charge in [0.1, 0.15) is 4.99 Å². The van der Waals surface area contributed by atoms with Crippen LogP contribution in [0.1, 0.15) is 24.6 Å². The Hall–Kier alpha value is -0.650. The molecule has 1 aromatic heterocycles. The van der Waals surface area contributed by atoms with E-state index < -0.39 is 0 Å². The van der Waals surface area contributed by atoms with Gasteiger partial charge >= 0.3 is 0 Å².